The Morgan fingerprint density at radius 1 is 1.29 bits per heavy atom. The Morgan fingerprint density at radius 3 is 1.94 bits per heavy atom. The van der Waals surface area contributed by atoms with Crippen molar-refractivity contribution in [1.82, 2.24) is 10.2 Å². The summed E-state index contributed by atoms with van der Waals surface area (Å²) in [6, 6.07) is -0.0904. The van der Waals surface area contributed by atoms with Crippen LogP contribution in [0.1, 0.15) is 27.7 Å². The van der Waals surface area contributed by atoms with Crippen LogP contribution >= 0.6 is 24.8 Å². The van der Waals surface area contributed by atoms with E-state index in [1.807, 2.05) is 46.7 Å². The highest BCUT2D eigenvalue weighted by Gasteiger charge is 2.25. The second kappa shape index (κ2) is 8.97. The van der Waals surface area contributed by atoms with Crippen LogP contribution in [0.25, 0.3) is 0 Å². The van der Waals surface area contributed by atoms with Gasteiger partial charge in [-0.15, -0.1) is 24.8 Å². The number of likely N-dealkylation sites (N-methyl/N-ethyl adjacent to an activating group) is 1. The molecule has 0 aromatic heterocycles. The summed E-state index contributed by atoms with van der Waals surface area (Å²) >= 11 is 0. The summed E-state index contributed by atoms with van der Waals surface area (Å²) in [7, 11) is 3.83. The van der Waals surface area contributed by atoms with E-state index >= 15 is 0 Å². The summed E-state index contributed by atoms with van der Waals surface area (Å²) in [6.45, 7) is 8.37. The molecule has 1 unspecified atom stereocenters. The molecule has 0 radical (unpaired) electrons. The van der Waals surface area contributed by atoms with Crippen LogP contribution < -0.4 is 11.1 Å². The number of halogens is 2. The number of carbonyl (C=O) groups is 1. The molecule has 0 saturated heterocycles. The zero-order valence-corrected chi connectivity index (χ0v) is 13.2. The van der Waals surface area contributed by atoms with Crippen LogP contribution in [0.15, 0.2) is 0 Å². The van der Waals surface area contributed by atoms with Crippen LogP contribution in [-0.2, 0) is 4.79 Å². The van der Waals surface area contributed by atoms with Gasteiger partial charge in [-0.1, -0.05) is 13.8 Å². The third-order valence-corrected chi connectivity index (χ3v) is 2.17. The van der Waals surface area contributed by atoms with Gasteiger partial charge in [0, 0.05) is 12.1 Å². The topological polar surface area (TPSA) is 58.4 Å². The first-order valence-corrected chi connectivity index (χ1v) is 5.38. The lowest BCUT2D eigenvalue weighted by atomic mass is 10.0. The van der Waals surface area contributed by atoms with Crippen molar-refractivity contribution in [2.75, 3.05) is 20.6 Å². The first-order chi connectivity index (χ1) is 6.65. The fourth-order valence-corrected chi connectivity index (χ4v) is 1.55. The lowest BCUT2D eigenvalue weighted by Gasteiger charge is -2.28. The van der Waals surface area contributed by atoms with E-state index in [9.17, 15) is 4.79 Å². The Balaban J connectivity index is -0.000000980. The normalized spacial score (nSPS) is 12.8. The smallest absolute Gasteiger partial charge is 0.237 e. The number of amides is 1. The molecular weight excluding hydrogens is 261 g/mol. The molecule has 6 heteroatoms. The molecule has 0 fully saturated rings. The third kappa shape index (κ3) is 9.65. The van der Waals surface area contributed by atoms with Gasteiger partial charge in [0.1, 0.15) is 0 Å². The zero-order valence-electron chi connectivity index (χ0n) is 11.6. The molecule has 0 saturated carbocycles. The van der Waals surface area contributed by atoms with Crippen molar-refractivity contribution in [1.29, 1.82) is 0 Å². The van der Waals surface area contributed by atoms with Crippen LogP contribution in [0.2, 0.25) is 0 Å². The SMILES string of the molecule is CC(C)C(C(=O)NCC(C)(C)N)N(C)C.Cl.Cl. The quantitative estimate of drug-likeness (QED) is 0.801. The lowest BCUT2D eigenvalue weighted by Crippen LogP contribution is -2.52. The predicted octanol–water partition coefficient (Wildman–Crippen LogP) is 1.27. The molecule has 0 aliphatic rings. The van der Waals surface area contributed by atoms with Gasteiger partial charge in [0.15, 0.2) is 0 Å². The van der Waals surface area contributed by atoms with E-state index in [4.69, 9.17) is 5.73 Å². The second-order valence-corrected chi connectivity index (χ2v) is 5.36. The third-order valence-electron chi connectivity index (χ3n) is 2.17. The molecule has 0 aromatic carbocycles. The number of rotatable bonds is 5. The number of nitrogens with two attached hydrogens (primary N) is 1. The van der Waals surface area contributed by atoms with Crippen LogP contribution in [0.4, 0.5) is 0 Å². The van der Waals surface area contributed by atoms with Crippen molar-refractivity contribution in [2.45, 2.75) is 39.3 Å². The predicted molar refractivity (Wildman–Crippen MR) is 78.1 cm³/mol. The van der Waals surface area contributed by atoms with Crippen molar-refractivity contribution in [3.8, 4) is 0 Å². The van der Waals surface area contributed by atoms with Gasteiger partial charge in [0.05, 0.1) is 6.04 Å². The average Bonchev–Trinajstić information content (AvgIpc) is 1.97. The molecule has 4 nitrogen and oxygen atoms in total. The number of carbonyl (C=O) groups excluding carboxylic acids is 1. The van der Waals surface area contributed by atoms with Crippen LogP contribution in [0.5, 0.6) is 0 Å². The fourth-order valence-electron chi connectivity index (χ4n) is 1.55. The molecular formula is C11H27Cl2N3O. The van der Waals surface area contributed by atoms with Crippen LogP contribution in [0, 0.1) is 5.92 Å². The van der Waals surface area contributed by atoms with E-state index < -0.39 is 0 Å². The van der Waals surface area contributed by atoms with Gasteiger partial charge in [-0.3, -0.25) is 9.69 Å². The van der Waals surface area contributed by atoms with Crippen LogP contribution in [0.3, 0.4) is 0 Å². The standard InChI is InChI=1S/C11H25N3O.2ClH/c1-8(2)9(14(5)6)10(15)13-7-11(3,4)12;;/h8-9H,7,12H2,1-6H3,(H,13,15);2*1H. The number of hydrogen-bond acceptors (Lipinski definition) is 3. The van der Waals surface area contributed by atoms with Crippen molar-refractivity contribution in [2.24, 2.45) is 11.7 Å². The Morgan fingerprint density at radius 2 is 1.71 bits per heavy atom. The van der Waals surface area contributed by atoms with Gasteiger partial charge >= 0.3 is 0 Å². The van der Waals surface area contributed by atoms with E-state index in [1.54, 1.807) is 0 Å². The number of nitrogens with zero attached hydrogens (tertiary/aromatic N) is 1. The minimum atomic E-state index is -0.358. The molecule has 0 spiro atoms. The molecule has 0 aliphatic carbocycles. The van der Waals surface area contributed by atoms with Gasteiger partial charge in [-0.05, 0) is 33.9 Å². The fraction of sp³-hybridized carbons (Fsp3) is 0.909. The Kier molecular flexibility index (Phi) is 11.7. The first-order valence-electron chi connectivity index (χ1n) is 5.38. The van der Waals surface area contributed by atoms with Gasteiger partial charge in [0.25, 0.3) is 0 Å². The summed E-state index contributed by atoms with van der Waals surface area (Å²) < 4.78 is 0. The van der Waals surface area contributed by atoms with Crippen molar-refractivity contribution in [3.05, 3.63) is 0 Å². The van der Waals surface area contributed by atoms with E-state index in [1.165, 1.54) is 0 Å². The zero-order chi connectivity index (χ0) is 12.2. The van der Waals surface area contributed by atoms with E-state index in [-0.39, 0.29) is 42.3 Å². The molecule has 0 aromatic rings. The maximum atomic E-state index is 11.9. The summed E-state index contributed by atoms with van der Waals surface area (Å²) in [4.78, 5) is 13.8. The highest BCUT2D eigenvalue weighted by atomic mass is 35.5. The van der Waals surface area contributed by atoms with Crippen LogP contribution in [-0.4, -0.2) is 43.0 Å². The molecule has 3 N–H and O–H groups in total. The first kappa shape index (κ1) is 22.2. The van der Waals surface area contributed by atoms with E-state index in [0.29, 0.717) is 12.5 Å². The van der Waals surface area contributed by atoms with Gasteiger partial charge in [-0.2, -0.15) is 0 Å². The van der Waals surface area contributed by atoms with Crippen molar-refractivity contribution >= 4 is 30.7 Å². The summed E-state index contributed by atoms with van der Waals surface area (Å²) in [5.41, 5.74) is 5.45. The number of nitrogens with one attached hydrogen (secondary N) is 1. The molecule has 0 bridgehead atoms. The van der Waals surface area contributed by atoms with E-state index in [2.05, 4.69) is 5.32 Å². The van der Waals surface area contributed by atoms with Crippen molar-refractivity contribution < 1.29 is 4.79 Å². The maximum Gasteiger partial charge on any atom is 0.237 e. The highest BCUT2D eigenvalue weighted by molar-refractivity contribution is 5.85. The Hall–Kier alpha value is -0.0300. The molecule has 1 amide bonds. The van der Waals surface area contributed by atoms with Gasteiger partial charge in [0.2, 0.25) is 5.91 Å². The van der Waals surface area contributed by atoms with E-state index in [0.717, 1.165) is 0 Å². The molecule has 0 heterocycles. The summed E-state index contributed by atoms with van der Waals surface area (Å²) in [5, 5.41) is 2.88. The van der Waals surface area contributed by atoms with Gasteiger partial charge in [-0.25, -0.2) is 0 Å². The lowest BCUT2D eigenvalue weighted by molar-refractivity contribution is -0.127. The Bertz CT molecular complexity index is 207. The molecule has 17 heavy (non-hydrogen) atoms. The summed E-state index contributed by atoms with van der Waals surface area (Å²) in [5.74, 6) is 0.342. The minimum Gasteiger partial charge on any atom is -0.353 e. The van der Waals surface area contributed by atoms with Gasteiger partial charge < -0.3 is 11.1 Å². The molecule has 0 aliphatic heterocycles. The largest absolute Gasteiger partial charge is 0.353 e. The minimum absolute atomic E-state index is 0. The average molecular weight is 288 g/mol. The molecule has 106 valence electrons. The maximum absolute atomic E-state index is 11.9. The molecule has 1 atom stereocenters. The number of hydrogen-bond donors (Lipinski definition) is 2. The monoisotopic (exact) mass is 287 g/mol. The van der Waals surface area contributed by atoms with Crippen molar-refractivity contribution in [3.63, 3.8) is 0 Å². The highest BCUT2D eigenvalue weighted by Crippen LogP contribution is 2.07. The Labute approximate surface area is 118 Å². The summed E-state index contributed by atoms with van der Waals surface area (Å²) in [6.07, 6.45) is 0. The molecule has 0 rings (SSSR count). The second-order valence-electron chi connectivity index (χ2n) is 5.36.